The van der Waals surface area contributed by atoms with Crippen molar-refractivity contribution in [1.29, 1.82) is 0 Å². The fourth-order valence-corrected chi connectivity index (χ4v) is 6.75. The van der Waals surface area contributed by atoms with E-state index in [0.717, 1.165) is 20.8 Å². The molecule has 0 aliphatic carbocycles. The van der Waals surface area contributed by atoms with E-state index >= 15 is 0 Å². The van der Waals surface area contributed by atoms with Gasteiger partial charge in [-0.2, -0.15) is 0 Å². The monoisotopic (exact) mass is 789 g/mol. The van der Waals surface area contributed by atoms with Gasteiger partial charge in [-0.15, -0.1) is 0 Å². The van der Waals surface area contributed by atoms with E-state index in [9.17, 15) is 70.6 Å². The summed E-state index contributed by atoms with van der Waals surface area (Å²) < 4.78 is 39.8. The number of carbonyl (C=O) groups excluding carboxylic acids is 3. The van der Waals surface area contributed by atoms with Gasteiger partial charge in [0.2, 0.25) is 17.7 Å². The Balaban J connectivity index is 1.66. The van der Waals surface area contributed by atoms with E-state index in [1.54, 1.807) is 0 Å². The zero-order valence-corrected chi connectivity index (χ0v) is 29.4. The van der Waals surface area contributed by atoms with Gasteiger partial charge in [-0.3, -0.25) is 14.4 Å². The van der Waals surface area contributed by atoms with Crippen LogP contribution in [-0.2, 0) is 47.5 Å². The number of aliphatic hydroxyl groups excluding tert-OH is 11. The van der Waals surface area contributed by atoms with Gasteiger partial charge in [0.05, 0.1) is 26.4 Å². The van der Waals surface area contributed by atoms with Crippen LogP contribution in [-0.4, -0.2) is 223 Å². The van der Waals surface area contributed by atoms with Crippen molar-refractivity contribution in [1.82, 2.24) is 16.0 Å². The number of carbonyl (C=O) groups is 3. The molecule has 0 radical (unpaired) electrons. The summed E-state index contributed by atoms with van der Waals surface area (Å²) in [6.45, 7) is -0.253. The molecule has 0 aromatic heterocycles. The highest BCUT2D eigenvalue weighted by molar-refractivity contribution is 5.74. The van der Waals surface area contributed by atoms with Gasteiger partial charge in [0.15, 0.2) is 25.2 Å². The van der Waals surface area contributed by atoms with E-state index in [1.165, 1.54) is 0 Å². The molecule has 14 N–H and O–H groups in total. The largest absolute Gasteiger partial charge is 0.394 e. The van der Waals surface area contributed by atoms with E-state index in [2.05, 4.69) is 16.0 Å². The van der Waals surface area contributed by atoms with Crippen molar-refractivity contribution in [2.45, 2.75) is 143 Å². The zero-order valence-electron chi connectivity index (χ0n) is 29.4. The van der Waals surface area contributed by atoms with E-state index in [4.69, 9.17) is 33.2 Å². The Kier molecular flexibility index (Phi) is 15.8. The van der Waals surface area contributed by atoms with Crippen molar-refractivity contribution >= 4 is 17.7 Å². The second-order valence-corrected chi connectivity index (χ2v) is 13.3. The molecule has 4 saturated heterocycles. The summed E-state index contributed by atoms with van der Waals surface area (Å²) in [6.07, 6.45) is -29.8. The van der Waals surface area contributed by atoms with E-state index in [-0.39, 0.29) is 0 Å². The molecule has 312 valence electrons. The molecule has 4 rings (SSSR count). The van der Waals surface area contributed by atoms with Crippen LogP contribution in [0.2, 0.25) is 0 Å². The molecule has 4 heterocycles. The molecule has 0 unspecified atom stereocenters. The second kappa shape index (κ2) is 19.2. The summed E-state index contributed by atoms with van der Waals surface area (Å²) in [5, 5.41) is 123. The van der Waals surface area contributed by atoms with Gasteiger partial charge in [0.1, 0.15) is 97.5 Å². The average molecular weight is 790 g/mol. The summed E-state index contributed by atoms with van der Waals surface area (Å²) in [6, 6.07) is -4.65. The Hall–Kier alpha value is -2.31. The standard InChI is InChI=1S/C30H51N3O21/c1-8(38)31-15-22(45)18(41)11(4-34)49-28(15)54-26-21(44)14(7-37)51-30(23(26)46)53-25-17(33-10(3)40)29(50-13(6-36)20(25)43)52-24-16(32-9(2)39)27(47)48-12(5-35)19(24)42/h11-30,34-37,41-47H,4-7H2,1-3H3,(H,31,38)(H,32,39)(H,33,40)/t11-,12-,13-,14-,15-,16-,17-,18+,19+,20-,21+,22-,23-,24-,25-,26+,27+,28-,29+,30+/m1/s1. The fraction of sp³-hybridized carbons (Fsp3) is 0.900. The van der Waals surface area contributed by atoms with Gasteiger partial charge in [-0.25, -0.2) is 0 Å². The summed E-state index contributed by atoms with van der Waals surface area (Å²) in [7, 11) is 0. The van der Waals surface area contributed by atoms with Gasteiger partial charge in [-0.1, -0.05) is 0 Å². The molecular formula is C30H51N3O21. The maximum Gasteiger partial charge on any atom is 0.217 e. The minimum atomic E-state index is -2.08. The number of hydrogen-bond donors (Lipinski definition) is 14. The van der Waals surface area contributed by atoms with Gasteiger partial charge < -0.3 is 105 Å². The molecule has 24 heteroatoms. The first-order chi connectivity index (χ1) is 25.5. The highest BCUT2D eigenvalue weighted by atomic mass is 16.7. The van der Waals surface area contributed by atoms with E-state index < -0.39 is 167 Å². The molecule has 24 nitrogen and oxygen atoms in total. The molecule has 4 aliphatic heterocycles. The van der Waals surface area contributed by atoms with Crippen molar-refractivity contribution < 1.29 is 104 Å². The number of amides is 3. The normalized spacial score (nSPS) is 45.7. The summed E-state index contributed by atoms with van der Waals surface area (Å²) in [5.41, 5.74) is 0. The lowest BCUT2D eigenvalue weighted by atomic mass is 9.93. The fourth-order valence-electron chi connectivity index (χ4n) is 6.75. The summed E-state index contributed by atoms with van der Waals surface area (Å²) >= 11 is 0. The topological polar surface area (TPSA) is 374 Å². The summed E-state index contributed by atoms with van der Waals surface area (Å²) in [4.78, 5) is 36.4. The van der Waals surface area contributed by atoms with Crippen LogP contribution in [0, 0.1) is 0 Å². The molecule has 54 heavy (non-hydrogen) atoms. The average Bonchev–Trinajstić information content (AvgIpc) is 3.11. The van der Waals surface area contributed by atoms with Crippen molar-refractivity contribution in [2.24, 2.45) is 0 Å². The van der Waals surface area contributed by atoms with Crippen molar-refractivity contribution in [2.75, 3.05) is 26.4 Å². The quantitative estimate of drug-likeness (QED) is 0.0823. The van der Waals surface area contributed by atoms with Crippen LogP contribution in [0.1, 0.15) is 20.8 Å². The predicted octanol–water partition coefficient (Wildman–Crippen LogP) is -9.32. The number of hydrogen-bond acceptors (Lipinski definition) is 21. The Bertz CT molecular complexity index is 1250. The lowest BCUT2D eigenvalue weighted by Crippen LogP contribution is -2.71. The molecule has 0 aromatic rings. The predicted molar refractivity (Wildman–Crippen MR) is 169 cm³/mol. The van der Waals surface area contributed by atoms with Crippen LogP contribution in [0.5, 0.6) is 0 Å². The molecule has 20 atom stereocenters. The van der Waals surface area contributed by atoms with Crippen LogP contribution in [0.25, 0.3) is 0 Å². The van der Waals surface area contributed by atoms with Gasteiger partial charge in [-0.05, 0) is 0 Å². The molecular weight excluding hydrogens is 738 g/mol. The maximum atomic E-state index is 12.5. The van der Waals surface area contributed by atoms with Crippen molar-refractivity contribution in [3.63, 3.8) is 0 Å². The van der Waals surface area contributed by atoms with Crippen LogP contribution in [0.4, 0.5) is 0 Å². The first-order valence-corrected chi connectivity index (χ1v) is 17.1. The Morgan fingerprint density at radius 1 is 0.444 bits per heavy atom. The Labute approximate surface area is 307 Å². The number of aliphatic hydroxyl groups is 11. The van der Waals surface area contributed by atoms with Crippen LogP contribution >= 0.6 is 0 Å². The van der Waals surface area contributed by atoms with E-state index in [0.29, 0.717) is 0 Å². The third-order valence-corrected chi connectivity index (χ3v) is 9.41. The number of rotatable bonds is 13. The van der Waals surface area contributed by atoms with Gasteiger partial charge >= 0.3 is 0 Å². The Morgan fingerprint density at radius 3 is 1.30 bits per heavy atom. The SMILES string of the molecule is CC(=O)N[C@@H]1[C@@H](O[C@@H]2O[C@H](CO)[C@@H](O)[C@H](O[C@@H]3O[C@H](CO)[C@H](O)[C@H](O[C@H]4O[C@H](CO)[C@H](O)[C@H](O)[C@H]4NC(C)=O)[C@H]3O)[C@H]2NC(C)=O)[C@@H](O)[C@@H](CO)O[C@@H]1O. The maximum absolute atomic E-state index is 12.5. The van der Waals surface area contributed by atoms with E-state index in [1.807, 2.05) is 0 Å². The second-order valence-electron chi connectivity index (χ2n) is 13.3. The van der Waals surface area contributed by atoms with Gasteiger partial charge in [0, 0.05) is 20.8 Å². The van der Waals surface area contributed by atoms with Crippen molar-refractivity contribution in [3.05, 3.63) is 0 Å². The molecule has 0 saturated carbocycles. The highest BCUT2D eigenvalue weighted by Gasteiger charge is 2.56. The first-order valence-electron chi connectivity index (χ1n) is 17.1. The number of ether oxygens (including phenoxy) is 7. The first kappa shape index (κ1) is 44.4. The minimum Gasteiger partial charge on any atom is -0.394 e. The molecule has 0 aromatic carbocycles. The minimum absolute atomic E-state index is 0.695. The zero-order chi connectivity index (χ0) is 40.2. The third kappa shape index (κ3) is 9.79. The van der Waals surface area contributed by atoms with Crippen LogP contribution in [0.15, 0.2) is 0 Å². The summed E-state index contributed by atoms with van der Waals surface area (Å²) in [5.74, 6) is -2.18. The molecule has 4 aliphatic rings. The third-order valence-electron chi connectivity index (χ3n) is 9.41. The van der Waals surface area contributed by atoms with Crippen LogP contribution in [0.3, 0.4) is 0 Å². The highest BCUT2D eigenvalue weighted by Crippen LogP contribution is 2.34. The Morgan fingerprint density at radius 2 is 0.796 bits per heavy atom. The molecule has 4 fully saturated rings. The van der Waals surface area contributed by atoms with Crippen LogP contribution < -0.4 is 16.0 Å². The smallest absolute Gasteiger partial charge is 0.217 e. The molecule has 0 spiro atoms. The van der Waals surface area contributed by atoms with Gasteiger partial charge in [0.25, 0.3) is 0 Å². The number of nitrogens with one attached hydrogen (secondary N) is 3. The molecule has 3 amide bonds. The lowest BCUT2D eigenvalue weighted by Gasteiger charge is -2.50. The lowest BCUT2D eigenvalue weighted by molar-refractivity contribution is -0.371. The van der Waals surface area contributed by atoms with Crippen molar-refractivity contribution in [3.8, 4) is 0 Å². The molecule has 0 bridgehead atoms.